The lowest BCUT2D eigenvalue weighted by atomic mass is 9.88. The van der Waals surface area contributed by atoms with E-state index < -0.39 is 5.91 Å². The van der Waals surface area contributed by atoms with E-state index in [9.17, 15) is 9.59 Å². The van der Waals surface area contributed by atoms with Crippen molar-refractivity contribution in [3.05, 3.63) is 76.6 Å². The van der Waals surface area contributed by atoms with Gasteiger partial charge in [0.2, 0.25) is 0 Å². The summed E-state index contributed by atoms with van der Waals surface area (Å²) in [5, 5.41) is 9.14. The molecule has 0 aliphatic carbocycles. The molecule has 43 heavy (non-hydrogen) atoms. The Bertz CT molecular complexity index is 1510. The number of amides is 3. The van der Waals surface area contributed by atoms with Gasteiger partial charge in [0.1, 0.15) is 18.2 Å². The Morgan fingerprint density at radius 3 is 2.44 bits per heavy atom. The summed E-state index contributed by atoms with van der Waals surface area (Å²) in [7, 11) is 0. The largest absolute Gasteiger partial charge is 0.489 e. The van der Waals surface area contributed by atoms with Gasteiger partial charge in [0, 0.05) is 28.5 Å². The van der Waals surface area contributed by atoms with E-state index >= 15 is 0 Å². The highest BCUT2D eigenvalue weighted by molar-refractivity contribution is 14.1. The third kappa shape index (κ3) is 7.76. The molecule has 0 unspecified atom stereocenters. The van der Waals surface area contributed by atoms with E-state index in [0.29, 0.717) is 61.7 Å². The number of aliphatic imine (C=N–C) groups is 1. The molecule has 0 radical (unpaired) electrons. The molecule has 14 heteroatoms. The Kier molecular flexibility index (Phi) is 10.0. The van der Waals surface area contributed by atoms with Gasteiger partial charge >= 0.3 is 6.03 Å². The smallest absolute Gasteiger partial charge is 0.317 e. The van der Waals surface area contributed by atoms with E-state index in [-0.39, 0.29) is 28.9 Å². The molecule has 2 aliphatic heterocycles. The molecular formula is C29H33I2N9O3. The summed E-state index contributed by atoms with van der Waals surface area (Å²) in [6.07, 6.45) is 1.38. The maximum Gasteiger partial charge on any atom is 0.317 e. The first-order chi connectivity index (χ1) is 20.8. The molecule has 3 heterocycles. The van der Waals surface area contributed by atoms with Gasteiger partial charge in [-0.1, -0.05) is 81.6 Å². The lowest BCUT2D eigenvalue weighted by molar-refractivity contribution is 0.0971. The van der Waals surface area contributed by atoms with Crippen molar-refractivity contribution in [3.8, 4) is 5.75 Å². The average Bonchev–Trinajstić information content (AvgIpc) is 3.40. The monoisotopic (exact) mass is 809 g/mol. The molecule has 226 valence electrons. The summed E-state index contributed by atoms with van der Waals surface area (Å²) in [5.74, 6) is 0.865. The first kappa shape index (κ1) is 31.0. The number of aromatic nitrogens is 2. The minimum atomic E-state index is -0.503. The molecule has 3 aromatic rings. The van der Waals surface area contributed by atoms with Crippen LogP contribution in [0.4, 0.5) is 16.4 Å². The Morgan fingerprint density at radius 1 is 0.977 bits per heavy atom. The zero-order chi connectivity index (χ0) is 30.4. The fourth-order valence-corrected chi connectivity index (χ4v) is 6.01. The van der Waals surface area contributed by atoms with Crippen molar-refractivity contribution in [3.63, 3.8) is 0 Å². The fourth-order valence-electron chi connectivity index (χ4n) is 4.94. The zero-order valence-corrected chi connectivity index (χ0v) is 27.7. The molecule has 2 aliphatic rings. The molecule has 3 amide bonds. The van der Waals surface area contributed by atoms with Gasteiger partial charge < -0.3 is 31.7 Å². The number of likely N-dealkylation sites (tertiary alicyclic amines) is 1. The Balaban J connectivity index is 1.07. The summed E-state index contributed by atoms with van der Waals surface area (Å²) < 4.78 is 7.40. The van der Waals surface area contributed by atoms with Crippen LogP contribution in [0.3, 0.4) is 0 Å². The molecule has 12 nitrogen and oxygen atoms in total. The third-order valence-corrected chi connectivity index (χ3v) is 9.05. The topological polar surface area (TPSA) is 173 Å². The number of nitrogens with zero attached hydrogens (tertiary/aromatic N) is 4. The van der Waals surface area contributed by atoms with Crippen molar-refractivity contribution >= 4 is 74.7 Å². The first-order valence-corrected chi connectivity index (χ1v) is 16.8. The average molecular weight is 809 g/mol. The molecule has 1 aromatic heterocycles. The van der Waals surface area contributed by atoms with E-state index in [0.717, 1.165) is 21.3 Å². The Morgan fingerprint density at radius 2 is 1.72 bits per heavy atom. The minimum absolute atomic E-state index is 0.0114. The van der Waals surface area contributed by atoms with Crippen molar-refractivity contribution in [2.24, 2.45) is 4.99 Å². The lowest BCUT2D eigenvalue weighted by Crippen LogP contribution is -2.57. The number of nitrogens with one attached hydrogen (secondary N) is 3. The molecule has 1 saturated heterocycles. The minimum Gasteiger partial charge on any atom is -0.489 e. The van der Waals surface area contributed by atoms with Crippen LogP contribution >= 0.6 is 45.2 Å². The number of hydrogen-bond acceptors (Lipinski definition) is 9. The molecule has 7 N–H and O–H groups in total. The van der Waals surface area contributed by atoms with E-state index in [4.69, 9.17) is 16.2 Å². The highest BCUT2D eigenvalue weighted by atomic mass is 127. The van der Waals surface area contributed by atoms with Crippen LogP contribution in [-0.4, -0.2) is 57.9 Å². The fraction of sp³-hybridized carbons (Fsp3) is 0.345. The van der Waals surface area contributed by atoms with Crippen LogP contribution in [0.25, 0.3) is 0 Å². The van der Waals surface area contributed by atoms with Crippen molar-refractivity contribution in [1.82, 2.24) is 30.8 Å². The number of carbonyl (C=O) groups excluding carboxylic acids is 2. The zero-order valence-electron chi connectivity index (χ0n) is 23.4. The SMILES string of the molecule is Nc1nc(N)c(C(=O)NC2=NCC3(CCN(C(=O)NCc4cccc(COc5ccc(CI)cc5)c4)CC3)N2)nc1CI. The number of carbonyl (C=O) groups is 2. The number of nitrogen functional groups attached to an aromatic ring is 2. The Hall–Kier alpha value is -3.41. The second-order valence-electron chi connectivity index (χ2n) is 10.5. The second kappa shape index (κ2) is 13.9. The van der Waals surface area contributed by atoms with E-state index in [1.54, 1.807) is 0 Å². The lowest BCUT2D eigenvalue weighted by Gasteiger charge is -2.39. The van der Waals surface area contributed by atoms with Gasteiger partial charge in [-0.2, -0.15) is 0 Å². The molecule has 0 atom stereocenters. The standard InChI is InChI=1S/C29H33I2N9O3/c30-13-18-4-6-21(7-5-18)43-16-20-3-1-2-19(12-20)15-34-28(42)40-10-8-29(9-11-40)17-35-27(39-29)38-26(41)23-25(33)37-24(32)22(14-31)36-23/h1-7,12H,8-11,13-17H2,(H,34,42)(H4,32,33,37)(H2,35,38,39,41). The number of rotatable bonds is 8. The van der Waals surface area contributed by atoms with Crippen LogP contribution < -0.4 is 32.2 Å². The normalized spacial score (nSPS) is 15.5. The van der Waals surface area contributed by atoms with Crippen molar-refractivity contribution in [1.29, 1.82) is 0 Å². The van der Waals surface area contributed by atoms with Crippen LogP contribution in [0.2, 0.25) is 0 Å². The molecule has 5 rings (SSSR count). The number of hydrogen-bond donors (Lipinski definition) is 5. The number of piperidine rings is 1. The van der Waals surface area contributed by atoms with Crippen LogP contribution in [0.5, 0.6) is 5.75 Å². The predicted octanol–water partition coefficient (Wildman–Crippen LogP) is 3.52. The number of alkyl halides is 2. The van der Waals surface area contributed by atoms with Gasteiger partial charge in [-0.15, -0.1) is 0 Å². The van der Waals surface area contributed by atoms with Gasteiger partial charge in [0.05, 0.1) is 17.8 Å². The highest BCUT2D eigenvalue weighted by Gasteiger charge is 2.40. The van der Waals surface area contributed by atoms with Gasteiger partial charge in [0.25, 0.3) is 5.91 Å². The van der Waals surface area contributed by atoms with Crippen LogP contribution in [0.15, 0.2) is 53.5 Å². The third-order valence-electron chi connectivity index (χ3n) is 7.45. The molecule has 0 bridgehead atoms. The summed E-state index contributed by atoms with van der Waals surface area (Å²) in [6.45, 7) is 2.51. The molecule has 2 aromatic carbocycles. The molecule has 1 fully saturated rings. The predicted molar refractivity (Wildman–Crippen MR) is 182 cm³/mol. The number of urea groups is 1. The van der Waals surface area contributed by atoms with E-state index in [1.165, 1.54) is 5.56 Å². The quantitative estimate of drug-likeness (QED) is 0.170. The maximum atomic E-state index is 12.9. The first-order valence-electron chi connectivity index (χ1n) is 13.8. The van der Waals surface area contributed by atoms with Crippen molar-refractivity contribution < 1.29 is 14.3 Å². The van der Waals surface area contributed by atoms with Crippen molar-refractivity contribution in [2.45, 2.75) is 40.4 Å². The van der Waals surface area contributed by atoms with E-state index in [2.05, 4.69) is 88.2 Å². The maximum absolute atomic E-state index is 12.9. The number of halogens is 2. The summed E-state index contributed by atoms with van der Waals surface area (Å²) in [5.41, 5.74) is 15.2. The summed E-state index contributed by atoms with van der Waals surface area (Å²) in [4.78, 5) is 40.4. The van der Waals surface area contributed by atoms with E-state index in [1.807, 2.05) is 41.3 Å². The molecular weight excluding hydrogens is 776 g/mol. The van der Waals surface area contributed by atoms with Gasteiger partial charge in [-0.25, -0.2) is 14.8 Å². The van der Waals surface area contributed by atoms with Gasteiger partial charge in [-0.05, 0) is 41.7 Å². The second-order valence-corrected chi connectivity index (χ2v) is 12.0. The molecule has 0 saturated carbocycles. The highest BCUT2D eigenvalue weighted by Crippen LogP contribution is 2.26. The Labute approximate surface area is 277 Å². The van der Waals surface area contributed by atoms with Gasteiger partial charge in [-0.3, -0.25) is 15.1 Å². The summed E-state index contributed by atoms with van der Waals surface area (Å²) >= 11 is 4.44. The molecule has 1 spiro atoms. The van der Waals surface area contributed by atoms with Crippen molar-refractivity contribution in [2.75, 3.05) is 31.1 Å². The summed E-state index contributed by atoms with van der Waals surface area (Å²) in [6, 6.07) is 16.0. The number of benzene rings is 2. The number of guanidine groups is 1. The number of anilines is 2. The van der Waals surface area contributed by atoms with Crippen LogP contribution in [0, 0.1) is 0 Å². The van der Waals surface area contributed by atoms with Crippen LogP contribution in [-0.2, 0) is 22.0 Å². The number of ether oxygens (including phenoxy) is 1. The van der Waals surface area contributed by atoms with Crippen LogP contribution in [0.1, 0.15) is 45.7 Å². The van der Waals surface area contributed by atoms with Gasteiger partial charge in [0.15, 0.2) is 17.5 Å². The number of nitrogens with two attached hydrogens (primary N) is 2.